The van der Waals surface area contributed by atoms with Gasteiger partial charge in [-0.3, -0.25) is 4.79 Å². The first-order chi connectivity index (χ1) is 13.1. The van der Waals surface area contributed by atoms with Crippen LogP contribution in [0.4, 0.5) is 4.39 Å². The molecule has 0 saturated carbocycles. The molecule has 2 aromatic heterocycles. The van der Waals surface area contributed by atoms with Gasteiger partial charge in [0.1, 0.15) is 5.69 Å². The molecule has 0 unspecified atom stereocenters. The highest BCUT2D eigenvalue weighted by molar-refractivity contribution is 5.98. The average molecular weight is 362 g/mol. The van der Waals surface area contributed by atoms with Crippen molar-refractivity contribution in [2.45, 2.75) is 6.92 Å². The molecule has 4 aromatic rings. The summed E-state index contributed by atoms with van der Waals surface area (Å²) >= 11 is 0. The third kappa shape index (κ3) is 2.83. The van der Waals surface area contributed by atoms with Crippen molar-refractivity contribution < 1.29 is 13.9 Å². The molecule has 27 heavy (non-hydrogen) atoms. The van der Waals surface area contributed by atoms with Gasteiger partial charge in [0, 0.05) is 18.1 Å². The lowest BCUT2D eigenvalue weighted by Gasteiger charge is -2.10. The molecule has 7 heteroatoms. The molecule has 0 saturated heterocycles. The molecule has 0 atom stereocenters. The Morgan fingerprint density at radius 2 is 1.85 bits per heavy atom. The van der Waals surface area contributed by atoms with Crippen molar-refractivity contribution in [2.24, 2.45) is 0 Å². The Kier molecular flexibility index (Phi) is 4.12. The molecule has 0 radical (unpaired) electrons. The summed E-state index contributed by atoms with van der Waals surface area (Å²) < 4.78 is 20.8. The van der Waals surface area contributed by atoms with Crippen LogP contribution in [0.15, 0.2) is 54.7 Å². The molecule has 4 rings (SSSR count). The third-order valence-corrected chi connectivity index (χ3v) is 4.27. The van der Waals surface area contributed by atoms with Gasteiger partial charge >= 0.3 is 0 Å². The fourth-order valence-corrected chi connectivity index (χ4v) is 2.98. The van der Waals surface area contributed by atoms with Crippen molar-refractivity contribution in [3.8, 4) is 28.1 Å². The van der Waals surface area contributed by atoms with Gasteiger partial charge in [0.15, 0.2) is 28.7 Å². The van der Waals surface area contributed by atoms with Gasteiger partial charge < -0.3 is 4.74 Å². The lowest BCUT2D eigenvalue weighted by atomic mass is 10.1. The van der Waals surface area contributed by atoms with Gasteiger partial charge in [0.2, 0.25) is 0 Å². The highest BCUT2D eigenvalue weighted by Gasteiger charge is 2.21. The Balaban J connectivity index is 2.00. The lowest BCUT2D eigenvalue weighted by molar-refractivity contribution is 0.101. The largest absolute Gasteiger partial charge is 0.494 e. The number of aromatic nitrogens is 4. The van der Waals surface area contributed by atoms with Crippen LogP contribution in [0, 0.1) is 5.82 Å². The third-order valence-electron chi connectivity index (χ3n) is 4.27. The fraction of sp³-hybridized carbons (Fsp3) is 0.100. The van der Waals surface area contributed by atoms with E-state index in [-0.39, 0.29) is 17.2 Å². The van der Waals surface area contributed by atoms with E-state index in [1.54, 1.807) is 12.3 Å². The SMILES string of the molecule is COc1ccc(-c2c(C(C)=O)nnc3c(-c4ccccc4)cnn23)cc1F. The van der Waals surface area contributed by atoms with Crippen molar-refractivity contribution >= 4 is 11.4 Å². The van der Waals surface area contributed by atoms with Gasteiger partial charge in [-0.05, 0) is 23.8 Å². The number of nitrogens with zero attached hydrogens (tertiary/aromatic N) is 4. The van der Waals surface area contributed by atoms with Gasteiger partial charge in [-0.1, -0.05) is 30.3 Å². The summed E-state index contributed by atoms with van der Waals surface area (Å²) in [5, 5.41) is 12.7. The summed E-state index contributed by atoms with van der Waals surface area (Å²) in [4.78, 5) is 12.1. The first-order valence-electron chi connectivity index (χ1n) is 8.25. The first-order valence-corrected chi connectivity index (χ1v) is 8.25. The maximum absolute atomic E-state index is 14.3. The van der Waals surface area contributed by atoms with Crippen LogP contribution in [0.1, 0.15) is 17.4 Å². The number of carbonyl (C=O) groups excluding carboxylic acids is 1. The normalized spacial score (nSPS) is 10.9. The Bertz CT molecular complexity index is 1160. The number of Topliss-reactive ketones (excluding diaryl/α,β-unsaturated/α-hetero) is 1. The number of fused-ring (bicyclic) bond motifs is 1. The molecule has 0 N–H and O–H groups in total. The second-order valence-electron chi connectivity index (χ2n) is 5.96. The Morgan fingerprint density at radius 3 is 2.52 bits per heavy atom. The standard InChI is InChI=1S/C20H15FN4O2/c1-12(26)18-19(14-8-9-17(27-2)16(21)10-14)25-20(24-23-18)15(11-22-25)13-6-4-3-5-7-13/h3-11H,1-2H3. The van der Waals surface area contributed by atoms with Crippen LogP contribution < -0.4 is 4.74 Å². The van der Waals surface area contributed by atoms with Gasteiger partial charge in [0.05, 0.1) is 13.3 Å². The molecule has 0 aliphatic heterocycles. The van der Waals surface area contributed by atoms with Crippen molar-refractivity contribution in [1.29, 1.82) is 0 Å². The molecule has 0 aliphatic rings. The highest BCUT2D eigenvalue weighted by atomic mass is 19.1. The summed E-state index contributed by atoms with van der Waals surface area (Å²) in [6.45, 7) is 1.39. The number of hydrogen-bond acceptors (Lipinski definition) is 5. The molecule has 2 aromatic carbocycles. The quantitative estimate of drug-likeness (QED) is 0.516. The van der Waals surface area contributed by atoms with E-state index >= 15 is 0 Å². The van der Waals surface area contributed by atoms with Crippen LogP contribution in [0.3, 0.4) is 0 Å². The second kappa shape index (κ2) is 6.60. The molecule has 0 spiro atoms. The summed E-state index contributed by atoms with van der Waals surface area (Å²) in [6, 6.07) is 14.1. The van der Waals surface area contributed by atoms with Crippen LogP contribution >= 0.6 is 0 Å². The maximum atomic E-state index is 14.3. The minimum absolute atomic E-state index is 0.117. The van der Waals surface area contributed by atoms with Crippen molar-refractivity contribution in [3.63, 3.8) is 0 Å². The molecule has 0 fully saturated rings. The van der Waals surface area contributed by atoms with Gasteiger partial charge in [-0.15, -0.1) is 10.2 Å². The second-order valence-corrected chi connectivity index (χ2v) is 5.96. The van der Waals surface area contributed by atoms with Crippen molar-refractivity contribution in [2.75, 3.05) is 7.11 Å². The highest BCUT2D eigenvalue weighted by Crippen LogP contribution is 2.30. The van der Waals surface area contributed by atoms with E-state index in [9.17, 15) is 9.18 Å². The van der Waals surface area contributed by atoms with Crippen LogP contribution in [0.25, 0.3) is 28.0 Å². The summed E-state index contributed by atoms with van der Waals surface area (Å²) in [5.74, 6) is -0.705. The minimum Gasteiger partial charge on any atom is -0.494 e. The zero-order chi connectivity index (χ0) is 19.0. The number of halogens is 1. The first kappa shape index (κ1) is 16.8. The minimum atomic E-state index is -0.537. The molecule has 0 amide bonds. The number of ether oxygens (including phenoxy) is 1. The Morgan fingerprint density at radius 1 is 1.07 bits per heavy atom. The van der Waals surface area contributed by atoms with E-state index in [0.717, 1.165) is 11.1 Å². The van der Waals surface area contributed by atoms with Crippen LogP contribution in [0.5, 0.6) is 5.75 Å². The lowest BCUT2D eigenvalue weighted by Crippen LogP contribution is -2.09. The van der Waals surface area contributed by atoms with Gasteiger partial charge in [-0.2, -0.15) is 5.10 Å². The molecular weight excluding hydrogens is 347 g/mol. The predicted octanol–water partition coefficient (Wildman–Crippen LogP) is 3.81. The number of hydrogen-bond donors (Lipinski definition) is 0. The Labute approximate surface area is 154 Å². The predicted molar refractivity (Wildman–Crippen MR) is 98.2 cm³/mol. The van der Waals surface area contributed by atoms with Crippen molar-refractivity contribution in [3.05, 3.63) is 66.2 Å². The number of benzene rings is 2. The number of carbonyl (C=O) groups is 1. The smallest absolute Gasteiger partial charge is 0.185 e. The monoisotopic (exact) mass is 362 g/mol. The number of ketones is 1. The average Bonchev–Trinajstić information content (AvgIpc) is 3.12. The summed E-state index contributed by atoms with van der Waals surface area (Å²) in [6.07, 6.45) is 1.66. The Hall–Kier alpha value is -3.61. The van der Waals surface area contributed by atoms with E-state index in [0.29, 0.717) is 16.9 Å². The molecule has 2 heterocycles. The van der Waals surface area contributed by atoms with Gasteiger partial charge in [-0.25, -0.2) is 8.91 Å². The fourth-order valence-electron chi connectivity index (χ4n) is 2.98. The summed E-state index contributed by atoms with van der Waals surface area (Å²) in [7, 11) is 1.39. The maximum Gasteiger partial charge on any atom is 0.185 e. The van der Waals surface area contributed by atoms with E-state index in [4.69, 9.17) is 4.74 Å². The van der Waals surface area contributed by atoms with E-state index in [2.05, 4.69) is 15.3 Å². The zero-order valence-corrected chi connectivity index (χ0v) is 14.7. The van der Waals surface area contributed by atoms with Crippen LogP contribution in [0.2, 0.25) is 0 Å². The van der Waals surface area contributed by atoms with Gasteiger partial charge in [0.25, 0.3) is 0 Å². The van der Waals surface area contributed by atoms with E-state index in [1.165, 1.54) is 30.7 Å². The van der Waals surface area contributed by atoms with Crippen molar-refractivity contribution in [1.82, 2.24) is 19.8 Å². The van der Waals surface area contributed by atoms with Crippen LogP contribution in [-0.2, 0) is 0 Å². The zero-order valence-electron chi connectivity index (χ0n) is 14.7. The van der Waals surface area contributed by atoms with E-state index < -0.39 is 5.82 Å². The molecule has 0 aliphatic carbocycles. The topological polar surface area (TPSA) is 69.4 Å². The van der Waals surface area contributed by atoms with Crippen LogP contribution in [-0.4, -0.2) is 32.7 Å². The molecule has 6 nitrogen and oxygen atoms in total. The number of rotatable bonds is 4. The molecule has 134 valence electrons. The van der Waals surface area contributed by atoms with E-state index in [1.807, 2.05) is 30.3 Å². The number of methoxy groups -OCH3 is 1. The summed E-state index contributed by atoms with van der Waals surface area (Å²) in [5.41, 5.74) is 3.14. The molecule has 0 bridgehead atoms. The molecular formula is C20H15FN4O2.